The molecular formula is C11H17NO2S2. The summed E-state index contributed by atoms with van der Waals surface area (Å²) in [5, 5.41) is 5.26. The number of thioether (sulfide) groups is 1. The standard InChI is InChI=1S/C11H17NO2S2/c1-14-11(13)10(5-7-15-2)12-8-9-4-3-6-16-9/h3-4,6,10,12H,5,7-8H2,1-2H3/t10-/m1/s1. The summed E-state index contributed by atoms with van der Waals surface area (Å²) in [6.45, 7) is 0.728. The second-order valence-corrected chi connectivity index (χ2v) is 5.34. The fraction of sp³-hybridized carbons (Fsp3) is 0.545. The van der Waals surface area contributed by atoms with E-state index in [1.807, 2.05) is 17.7 Å². The average molecular weight is 259 g/mol. The van der Waals surface area contributed by atoms with E-state index in [4.69, 9.17) is 4.74 Å². The van der Waals surface area contributed by atoms with Crippen molar-refractivity contribution >= 4 is 29.1 Å². The van der Waals surface area contributed by atoms with E-state index in [1.54, 1.807) is 23.1 Å². The first-order valence-corrected chi connectivity index (χ1v) is 7.37. The molecule has 0 amide bonds. The van der Waals surface area contributed by atoms with Gasteiger partial charge < -0.3 is 4.74 Å². The molecule has 1 heterocycles. The van der Waals surface area contributed by atoms with E-state index < -0.39 is 0 Å². The SMILES string of the molecule is COC(=O)[C@@H](CCSC)NCc1cccs1. The first kappa shape index (κ1) is 13.5. The normalized spacial score (nSPS) is 12.4. The fourth-order valence-corrected chi connectivity index (χ4v) is 2.45. The second kappa shape index (κ2) is 7.70. The highest BCUT2D eigenvalue weighted by molar-refractivity contribution is 7.98. The van der Waals surface area contributed by atoms with Crippen LogP contribution in [0, 0.1) is 0 Å². The summed E-state index contributed by atoms with van der Waals surface area (Å²) >= 11 is 3.42. The van der Waals surface area contributed by atoms with E-state index in [-0.39, 0.29) is 12.0 Å². The monoisotopic (exact) mass is 259 g/mol. The zero-order valence-electron chi connectivity index (χ0n) is 9.56. The van der Waals surface area contributed by atoms with Crippen LogP contribution < -0.4 is 5.32 Å². The topological polar surface area (TPSA) is 38.3 Å². The maximum atomic E-state index is 11.5. The van der Waals surface area contributed by atoms with E-state index in [0.29, 0.717) is 0 Å². The van der Waals surface area contributed by atoms with Crippen molar-refractivity contribution in [2.24, 2.45) is 0 Å². The molecule has 0 unspecified atom stereocenters. The molecule has 0 bridgehead atoms. The van der Waals surface area contributed by atoms with Gasteiger partial charge in [0.25, 0.3) is 0 Å². The van der Waals surface area contributed by atoms with Gasteiger partial charge in [0.05, 0.1) is 7.11 Å². The Balaban J connectivity index is 2.40. The summed E-state index contributed by atoms with van der Waals surface area (Å²) in [5.41, 5.74) is 0. The molecule has 0 aromatic carbocycles. The van der Waals surface area contributed by atoms with Crippen LogP contribution in [0.3, 0.4) is 0 Å². The van der Waals surface area contributed by atoms with E-state index in [2.05, 4.69) is 11.4 Å². The lowest BCUT2D eigenvalue weighted by Gasteiger charge is -2.15. The Kier molecular flexibility index (Phi) is 6.52. The largest absolute Gasteiger partial charge is 0.468 e. The minimum Gasteiger partial charge on any atom is -0.468 e. The van der Waals surface area contributed by atoms with Crippen LogP contribution in [0.1, 0.15) is 11.3 Å². The molecule has 1 aromatic heterocycles. The minimum absolute atomic E-state index is 0.175. The van der Waals surface area contributed by atoms with Gasteiger partial charge in [0.2, 0.25) is 0 Å². The summed E-state index contributed by atoms with van der Waals surface area (Å²) in [4.78, 5) is 12.7. The third-order valence-electron chi connectivity index (χ3n) is 2.20. The van der Waals surface area contributed by atoms with Gasteiger partial charge in [0.15, 0.2) is 0 Å². The van der Waals surface area contributed by atoms with E-state index >= 15 is 0 Å². The molecule has 1 N–H and O–H groups in total. The van der Waals surface area contributed by atoms with Gasteiger partial charge in [0, 0.05) is 11.4 Å². The Hall–Kier alpha value is -0.520. The van der Waals surface area contributed by atoms with Crippen LogP contribution in [-0.4, -0.2) is 31.1 Å². The number of carbonyl (C=O) groups excluding carboxylic acids is 1. The molecule has 3 nitrogen and oxygen atoms in total. The number of esters is 1. The molecule has 0 saturated carbocycles. The van der Waals surface area contributed by atoms with Crippen molar-refractivity contribution in [2.75, 3.05) is 19.1 Å². The molecule has 0 aliphatic rings. The van der Waals surface area contributed by atoms with Gasteiger partial charge in [-0.25, -0.2) is 0 Å². The third kappa shape index (κ3) is 4.55. The predicted molar refractivity (Wildman–Crippen MR) is 70.0 cm³/mol. The van der Waals surface area contributed by atoms with Crippen LogP contribution in [0.25, 0.3) is 0 Å². The first-order valence-electron chi connectivity index (χ1n) is 5.10. The smallest absolute Gasteiger partial charge is 0.322 e. The van der Waals surface area contributed by atoms with Crippen LogP contribution in [-0.2, 0) is 16.1 Å². The molecule has 1 aromatic rings. The summed E-state index contributed by atoms with van der Waals surface area (Å²) < 4.78 is 4.77. The number of hydrogen-bond donors (Lipinski definition) is 1. The molecule has 90 valence electrons. The molecule has 16 heavy (non-hydrogen) atoms. The van der Waals surface area contributed by atoms with Crippen molar-refractivity contribution in [3.8, 4) is 0 Å². The lowest BCUT2D eigenvalue weighted by Crippen LogP contribution is -2.37. The maximum absolute atomic E-state index is 11.5. The molecule has 0 aliphatic heterocycles. The van der Waals surface area contributed by atoms with Gasteiger partial charge in [-0.15, -0.1) is 11.3 Å². The summed E-state index contributed by atoms with van der Waals surface area (Å²) in [5.74, 6) is 0.780. The Labute approximate surface area is 105 Å². The molecular weight excluding hydrogens is 242 g/mol. The molecule has 0 radical (unpaired) electrons. The fourth-order valence-electron chi connectivity index (χ4n) is 1.32. The quantitative estimate of drug-likeness (QED) is 0.761. The number of methoxy groups -OCH3 is 1. The maximum Gasteiger partial charge on any atom is 0.322 e. The number of hydrogen-bond acceptors (Lipinski definition) is 5. The van der Waals surface area contributed by atoms with Crippen molar-refractivity contribution < 1.29 is 9.53 Å². The number of rotatable bonds is 7. The lowest BCUT2D eigenvalue weighted by molar-refractivity contribution is -0.143. The molecule has 0 saturated heterocycles. The van der Waals surface area contributed by atoms with E-state index in [0.717, 1.165) is 18.7 Å². The minimum atomic E-state index is -0.195. The van der Waals surface area contributed by atoms with Crippen LogP contribution in [0.15, 0.2) is 17.5 Å². The molecule has 0 fully saturated rings. The highest BCUT2D eigenvalue weighted by Crippen LogP contribution is 2.09. The third-order valence-corrected chi connectivity index (χ3v) is 3.72. The van der Waals surface area contributed by atoms with Gasteiger partial charge in [-0.05, 0) is 29.9 Å². The van der Waals surface area contributed by atoms with Crippen LogP contribution in [0.4, 0.5) is 0 Å². The number of thiophene rings is 1. The summed E-state index contributed by atoms with van der Waals surface area (Å²) in [6.07, 6.45) is 2.84. The van der Waals surface area contributed by atoms with Gasteiger partial charge in [-0.3, -0.25) is 10.1 Å². The highest BCUT2D eigenvalue weighted by atomic mass is 32.2. The van der Waals surface area contributed by atoms with E-state index in [9.17, 15) is 4.79 Å². The van der Waals surface area contributed by atoms with E-state index in [1.165, 1.54) is 12.0 Å². The van der Waals surface area contributed by atoms with Gasteiger partial charge in [0.1, 0.15) is 6.04 Å². The Bertz CT molecular complexity index is 301. The Morgan fingerprint density at radius 2 is 2.50 bits per heavy atom. The molecule has 1 atom stereocenters. The zero-order chi connectivity index (χ0) is 11.8. The highest BCUT2D eigenvalue weighted by Gasteiger charge is 2.17. The Morgan fingerprint density at radius 1 is 1.69 bits per heavy atom. The average Bonchev–Trinajstić information content (AvgIpc) is 2.81. The molecule has 0 aliphatic carbocycles. The summed E-state index contributed by atoms with van der Waals surface area (Å²) in [6, 6.07) is 3.87. The number of nitrogens with one attached hydrogen (secondary N) is 1. The van der Waals surface area contributed by atoms with Gasteiger partial charge in [-0.1, -0.05) is 6.07 Å². The number of ether oxygens (including phenoxy) is 1. The first-order chi connectivity index (χ1) is 7.77. The predicted octanol–water partition coefficient (Wildman–Crippen LogP) is 2.13. The lowest BCUT2D eigenvalue weighted by atomic mass is 10.2. The van der Waals surface area contributed by atoms with Crippen LogP contribution in [0.5, 0.6) is 0 Å². The van der Waals surface area contributed by atoms with Gasteiger partial charge >= 0.3 is 5.97 Å². The van der Waals surface area contributed by atoms with Crippen molar-refractivity contribution in [1.29, 1.82) is 0 Å². The van der Waals surface area contributed by atoms with Crippen molar-refractivity contribution in [3.63, 3.8) is 0 Å². The Morgan fingerprint density at radius 3 is 3.06 bits per heavy atom. The van der Waals surface area contributed by atoms with Crippen LogP contribution in [0.2, 0.25) is 0 Å². The molecule has 0 spiro atoms. The van der Waals surface area contributed by atoms with Crippen LogP contribution >= 0.6 is 23.1 Å². The summed E-state index contributed by atoms with van der Waals surface area (Å²) in [7, 11) is 1.43. The van der Waals surface area contributed by atoms with Crippen molar-refractivity contribution in [1.82, 2.24) is 5.32 Å². The molecule has 5 heteroatoms. The van der Waals surface area contributed by atoms with Crippen molar-refractivity contribution in [3.05, 3.63) is 22.4 Å². The zero-order valence-corrected chi connectivity index (χ0v) is 11.2. The van der Waals surface area contributed by atoms with Gasteiger partial charge in [-0.2, -0.15) is 11.8 Å². The number of carbonyl (C=O) groups is 1. The second-order valence-electron chi connectivity index (χ2n) is 3.32. The molecule has 1 rings (SSSR count). The van der Waals surface area contributed by atoms with Crippen molar-refractivity contribution in [2.45, 2.75) is 19.0 Å².